The molecule has 8 heteroatoms. The lowest BCUT2D eigenvalue weighted by molar-refractivity contribution is -0.223. The van der Waals surface area contributed by atoms with Gasteiger partial charge in [-0.3, -0.25) is 0 Å². The van der Waals surface area contributed by atoms with Crippen LogP contribution < -0.4 is 4.74 Å². The Morgan fingerprint density at radius 2 is 1.67 bits per heavy atom. The van der Waals surface area contributed by atoms with Crippen LogP contribution >= 0.6 is 11.8 Å². The number of ether oxygens (including phenoxy) is 2. The minimum absolute atomic E-state index is 0.0537. The van der Waals surface area contributed by atoms with Crippen molar-refractivity contribution in [2.45, 2.75) is 73.4 Å². The van der Waals surface area contributed by atoms with E-state index in [4.69, 9.17) is 19.5 Å². The number of phenols is 1. The molecule has 1 aliphatic heterocycles. The minimum atomic E-state index is -1.06. The molecule has 3 N–H and O–H groups in total. The second kappa shape index (κ2) is 16.2. The normalized spacial score (nSPS) is 26.6. The lowest BCUT2D eigenvalue weighted by Gasteiger charge is -2.58. The van der Waals surface area contributed by atoms with Crippen molar-refractivity contribution in [1.82, 2.24) is 0 Å². The zero-order valence-electron chi connectivity index (χ0n) is 27.5. The molecule has 3 aromatic rings. The third kappa shape index (κ3) is 7.37. The van der Waals surface area contributed by atoms with Crippen molar-refractivity contribution in [2.75, 3.05) is 19.8 Å². The Hall–Kier alpha value is -3.56. The molecule has 2 aliphatic carbocycles. The highest BCUT2D eigenvalue weighted by Gasteiger charge is 2.64. The average molecular weight is 670 g/mol. The molecule has 0 aromatic heterocycles. The fraction of sp³-hybridized carbons (Fsp3) is 0.425. The lowest BCUT2D eigenvalue weighted by atomic mass is 9.56. The number of oxime groups is 1. The standard InChI is InChI=1S/C40H47NO6S/c1-2-23-45-40-37(48-31-16-7-4-8-17-31)26-35(41-46-27-28-13-5-3-6-14-28)33-24-29(15-9-11-21-42)32(18-10-12-22-43)38(39(33)40)34-25-30(44)19-20-36(34)47-40/h2-8,13-14,16-17,19-20,24-25,29,32,37-39,42-44H,1,9-12,15,18,21-23,26-27H2. The molecule has 1 saturated carbocycles. The van der Waals surface area contributed by atoms with Crippen molar-refractivity contribution in [3.63, 3.8) is 0 Å². The van der Waals surface area contributed by atoms with E-state index in [0.717, 1.165) is 71.6 Å². The number of thioether (sulfide) groups is 1. The number of aliphatic hydroxyl groups is 2. The molecule has 6 rings (SSSR count). The van der Waals surface area contributed by atoms with Crippen molar-refractivity contribution in [2.24, 2.45) is 22.9 Å². The molecule has 0 bridgehead atoms. The van der Waals surface area contributed by atoms with Gasteiger partial charge in [-0.05, 0) is 79.0 Å². The van der Waals surface area contributed by atoms with Crippen LogP contribution in [0.2, 0.25) is 0 Å². The van der Waals surface area contributed by atoms with E-state index in [9.17, 15) is 15.3 Å². The van der Waals surface area contributed by atoms with Crippen LogP contribution in [-0.4, -0.2) is 51.9 Å². The fourth-order valence-corrected chi connectivity index (χ4v) is 9.17. The summed E-state index contributed by atoms with van der Waals surface area (Å²) < 4.78 is 14.0. The van der Waals surface area contributed by atoms with E-state index >= 15 is 0 Å². The summed E-state index contributed by atoms with van der Waals surface area (Å²) in [5.41, 5.74) is 3.98. The van der Waals surface area contributed by atoms with E-state index in [1.807, 2.05) is 60.7 Å². The molecule has 254 valence electrons. The predicted octanol–water partition coefficient (Wildman–Crippen LogP) is 8.02. The number of phenolic OH excluding ortho intramolecular Hbond substituents is 1. The number of aromatic hydroxyl groups is 1. The molecule has 7 nitrogen and oxygen atoms in total. The summed E-state index contributed by atoms with van der Waals surface area (Å²) in [6.07, 6.45) is 9.77. The van der Waals surface area contributed by atoms with Crippen LogP contribution in [0.1, 0.15) is 62.0 Å². The maximum atomic E-state index is 10.8. The summed E-state index contributed by atoms with van der Waals surface area (Å²) in [5.74, 6) is -0.0542. The summed E-state index contributed by atoms with van der Waals surface area (Å²) in [6.45, 7) is 4.97. The third-order valence-electron chi connectivity index (χ3n) is 9.90. The molecule has 3 aromatic carbocycles. The summed E-state index contributed by atoms with van der Waals surface area (Å²) in [6, 6.07) is 25.8. The highest BCUT2D eigenvalue weighted by atomic mass is 32.2. The maximum Gasteiger partial charge on any atom is 0.231 e. The number of nitrogens with zero attached hydrogens (tertiary/aromatic N) is 1. The van der Waals surface area contributed by atoms with Crippen molar-refractivity contribution < 1.29 is 29.6 Å². The Kier molecular flexibility index (Phi) is 11.6. The molecular weight excluding hydrogens is 623 g/mol. The monoisotopic (exact) mass is 669 g/mol. The predicted molar refractivity (Wildman–Crippen MR) is 190 cm³/mol. The van der Waals surface area contributed by atoms with Crippen molar-refractivity contribution >= 4 is 17.5 Å². The zero-order valence-corrected chi connectivity index (χ0v) is 28.3. The van der Waals surface area contributed by atoms with Gasteiger partial charge in [0.2, 0.25) is 5.79 Å². The van der Waals surface area contributed by atoms with Gasteiger partial charge in [-0.1, -0.05) is 78.7 Å². The largest absolute Gasteiger partial charge is 0.508 e. The summed E-state index contributed by atoms with van der Waals surface area (Å²) in [7, 11) is 0. The summed E-state index contributed by atoms with van der Waals surface area (Å²) >= 11 is 1.73. The topological polar surface area (TPSA) is 101 Å². The Bertz CT molecular complexity index is 1560. The maximum absolute atomic E-state index is 10.8. The molecule has 0 saturated heterocycles. The molecule has 1 fully saturated rings. The summed E-state index contributed by atoms with van der Waals surface area (Å²) in [4.78, 5) is 7.22. The van der Waals surface area contributed by atoms with Gasteiger partial charge in [0.05, 0.1) is 23.5 Å². The van der Waals surface area contributed by atoms with Gasteiger partial charge in [-0.15, -0.1) is 18.3 Å². The van der Waals surface area contributed by atoms with Crippen LogP contribution in [0, 0.1) is 17.8 Å². The molecule has 0 spiro atoms. The second-order valence-electron chi connectivity index (χ2n) is 13.0. The zero-order chi connectivity index (χ0) is 33.3. The number of hydrogen-bond acceptors (Lipinski definition) is 8. The number of unbranched alkanes of at least 4 members (excludes halogenated alkanes) is 2. The number of benzene rings is 3. The van der Waals surface area contributed by atoms with E-state index in [2.05, 4.69) is 24.8 Å². The van der Waals surface area contributed by atoms with Crippen LogP contribution in [0.5, 0.6) is 11.5 Å². The molecule has 3 aliphatic rings. The van der Waals surface area contributed by atoms with Crippen LogP contribution in [0.3, 0.4) is 0 Å². The van der Waals surface area contributed by atoms with Gasteiger partial charge in [0.15, 0.2) is 0 Å². The Labute approximate surface area is 288 Å². The number of hydrogen-bond donors (Lipinski definition) is 3. The van der Waals surface area contributed by atoms with Gasteiger partial charge in [0.1, 0.15) is 18.1 Å². The molecule has 0 amide bonds. The Balaban J connectivity index is 1.52. The molecular formula is C40H47NO6S. The van der Waals surface area contributed by atoms with Crippen molar-refractivity contribution in [3.05, 3.63) is 114 Å². The van der Waals surface area contributed by atoms with Crippen molar-refractivity contribution in [1.29, 1.82) is 0 Å². The number of allylic oxidation sites excluding steroid dienone is 1. The van der Waals surface area contributed by atoms with E-state index < -0.39 is 5.79 Å². The highest BCUT2D eigenvalue weighted by Crippen LogP contribution is 2.63. The van der Waals surface area contributed by atoms with Gasteiger partial charge in [0.25, 0.3) is 0 Å². The molecule has 0 radical (unpaired) electrons. The quantitative estimate of drug-likeness (QED) is 0.0807. The smallest absolute Gasteiger partial charge is 0.231 e. The van der Waals surface area contributed by atoms with E-state index in [1.165, 1.54) is 0 Å². The van der Waals surface area contributed by atoms with Gasteiger partial charge < -0.3 is 29.6 Å². The van der Waals surface area contributed by atoms with Gasteiger partial charge in [0, 0.05) is 36.0 Å². The summed E-state index contributed by atoms with van der Waals surface area (Å²) in [5, 5.41) is 34.9. The van der Waals surface area contributed by atoms with E-state index in [0.29, 0.717) is 19.6 Å². The SMILES string of the molecule is C=CCOC12Oc3ccc(O)cc3C3C(CCCCO)C(CCCCO)C=C(C(=NOCc4ccccc4)CC1Sc1ccccc1)C32. The second-order valence-corrected chi connectivity index (χ2v) is 14.2. The molecule has 6 atom stereocenters. The van der Waals surface area contributed by atoms with Crippen LogP contribution in [-0.2, 0) is 16.2 Å². The molecule has 1 heterocycles. The van der Waals surface area contributed by atoms with Crippen LogP contribution in [0.4, 0.5) is 0 Å². The first-order chi connectivity index (χ1) is 23.6. The first kappa shape index (κ1) is 34.3. The van der Waals surface area contributed by atoms with Gasteiger partial charge in [-0.25, -0.2) is 0 Å². The Morgan fingerprint density at radius 3 is 2.40 bits per heavy atom. The average Bonchev–Trinajstić information content (AvgIpc) is 3.11. The van der Waals surface area contributed by atoms with Gasteiger partial charge >= 0.3 is 0 Å². The first-order valence-corrected chi connectivity index (χ1v) is 18.1. The van der Waals surface area contributed by atoms with Crippen LogP contribution in [0.25, 0.3) is 0 Å². The molecule has 48 heavy (non-hydrogen) atoms. The highest BCUT2D eigenvalue weighted by molar-refractivity contribution is 8.00. The Morgan fingerprint density at radius 1 is 0.938 bits per heavy atom. The first-order valence-electron chi connectivity index (χ1n) is 17.2. The number of aliphatic hydroxyl groups excluding tert-OH is 2. The van der Waals surface area contributed by atoms with Crippen LogP contribution in [0.15, 0.2) is 113 Å². The fourth-order valence-electron chi connectivity index (χ4n) is 7.86. The number of fused-ring (bicyclic) bond motifs is 2. The molecule has 6 unspecified atom stereocenters. The van der Waals surface area contributed by atoms with E-state index in [-0.39, 0.29) is 47.9 Å². The van der Waals surface area contributed by atoms with E-state index in [1.54, 1.807) is 23.9 Å². The van der Waals surface area contributed by atoms with Gasteiger partial charge in [-0.2, -0.15) is 0 Å². The third-order valence-corrected chi connectivity index (χ3v) is 11.2. The lowest BCUT2D eigenvalue weighted by Crippen LogP contribution is -2.64. The van der Waals surface area contributed by atoms with Crippen molar-refractivity contribution in [3.8, 4) is 11.5 Å². The minimum Gasteiger partial charge on any atom is -0.508 e. The number of rotatable bonds is 16.